The first kappa shape index (κ1) is 30.0. The highest BCUT2D eigenvalue weighted by atomic mass is 31.2. The van der Waals surface area contributed by atoms with Crippen molar-refractivity contribution in [3.8, 4) is 5.75 Å². The quantitative estimate of drug-likeness (QED) is 0.262. The van der Waals surface area contributed by atoms with Gasteiger partial charge < -0.3 is 38.5 Å². The van der Waals surface area contributed by atoms with E-state index in [0.717, 1.165) is 11.1 Å². The Bertz CT molecular complexity index is 926. The average Bonchev–Trinajstić information content (AvgIpc) is 2.77. The summed E-state index contributed by atoms with van der Waals surface area (Å²) < 4.78 is 16.8. The highest BCUT2D eigenvalue weighted by Gasteiger charge is 2.44. The van der Waals surface area contributed by atoms with Gasteiger partial charge in [-0.25, -0.2) is 0 Å². The van der Waals surface area contributed by atoms with Gasteiger partial charge in [0.2, 0.25) is 0 Å². The van der Waals surface area contributed by atoms with Crippen LogP contribution >= 0.6 is 17.2 Å². The first-order valence-corrected chi connectivity index (χ1v) is 13.6. The second kappa shape index (κ2) is 12.4. The van der Waals surface area contributed by atoms with Crippen LogP contribution in [0.15, 0.2) is 48.5 Å². The summed E-state index contributed by atoms with van der Waals surface area (Å²) in [5.41, 5.74) is 1.07. The van der Waals surface area contributed by atoms with Crippen molar-refractivity contribution in [3.05, 3.63) is 65.2 Å². The van der Waals surface area contributed by atoms with Crippen LogP contribution in [0.1, 0.15) is 64.3 Å². The largest absolute Gasteiger partial charge is 0.485 e. The molecule has 1 atom stereocenters. The third-order valence-electron chi connectivity index (χ3n) is 5.82. The van der Waals surface area contributed by atoms with Crippen LogP contribution in [-0.2, 0) is 19.9 Å². The summed E-state index contributed by atoms with van der Waals surface area (Å²) >= 11 is 0. The van der Waals surface area contributed by atoms with Crippen LogP contribution in [0.2, 0.25) is 0 Å². The van der Waals surface area contributed by atoms with E-state index in [0.29, 0.717) is 11.3 Å². The second-order valence-corrected chi connectivity index (χ2v) is 12.3. The lowest BCUT2D eigenvalue weighted by molar-refractivity contribution is -0.0654. The van der Waals surface area contributed by atoms with Crippen molar-refractivity contribution in [2.75, 3.05) is 19.8 Å². The molecule has 0 saturated carbocycles. The predicted molar refractivity (Wildman–Crippen MR) is 138 cm³/mol. The molecular formula is C25H38O8P2. The molecule has 0 aliphatic rings. The van der Waals surface area contributed by atoms with Gasteiger partial charge in [-0.05, 0) is 39.7 Å². The number of aliphatic hydroxyl groups excluding tert-OH is 1. The van der Waals surface area contributed by atoms with E-state index in [4.69, 9.17) is 13.8 Å². The maximum absolute atomic E-state index is 10.6. The normalized spacial score (nSPS) is 14.0. The molecule has 0 aliphatic heterocycles. The number of rotatable bonds is 11. The van der Waals surface area contributed by atoms with Crippen molar-refractivity contribution in [2.45, 2.75) is 58.5 Å². The minimum Gasteiger partial charge on any atom is -0.485 e. The highest BCUT2D eigenvalue weighted by molar-refractivity contribution is 7.39. The van der Waals surface area contributed by atoms with Gasteiger partial charge >= 0.3 is 17.2 Å². The van der Waals surface area contributed by atoms with E-state index in [1.165, 1.54) is 0 Å². The molecular weight excluding hydrogens is 490 g/mol. The lowest BCUT2D eigenvalue weighted by Gasteiger charge is -2.39. The second-order valence-electron chi connectivity index (χ2n) is 10.7. The third kappa shape index (κ3) is 8.71. The zero-order chi connectivity index (χ0) is 26.4. The summed E-state index contributed by atoms with van der Waals surface area (Å²) in [6.45, 7) is 11.2. The smallest absolute Gasteiger partial charge is 0.327 e. The summed E-state index contributed by atoms with van der Waals surface area (Å²) in [7, 11) is -5.47. The summed E-state index contributed by atoms with van der Waals surface area (Å²) in [5.74, 6) is 0.534. The Morgan fingerprint density at radius 1 is 0.743 bits per heavy atom. The molecule has 2 aromatic carbocycles. The fraction of sp³-hybridized carbons (Fsp3) is 0.520. The Morgan fingerprint density at radius 2 is 1.23 bits per heavy atom. The van der Waals surface area contributed by atoms with Gasteiger partial charge in [0.05, 0.1) is 25.2 Å². The number of hydrogen-bond acceptors (Lipinski definition) is 8. The van der Waals surface area contributed by atoms with E-state index in [9.17, 15) is 24.7 Å². The van der Waals surface area contributed by atoms with Gasteiger partial charge in [-0.15, -0.1) is 0 Å². The van der Waals surface area contributed by atoms with Crippen LogP contribution < -0.4 is 4.74 Å². The van der Waals surface area contributed by atoms with Crippen molar-refractivity contribution in [3.63, 3.8) is 0 Å². The molecule has 0 fully saturated rings. The molecule has 0 heterocycles. The molecule has 0 bridgehead atoms. The Labute approximate surface area is 210 Å². The number of ether oxygens (including phenoxy) is 1. The van der Waals surface area contributed by atoms with Crippen LogP contribution in [0, 0.1) is 5.41 Å². The van der Waals surface area contributed by atoms with Gasteiger partial charge in [-0.3, -0.25) is 0 Å². The maximum atomic E-state index is 10.6. The Hall–Kier alpha value is -1.18. The van der Waals surface area contributed by atoms with Crippen LogP contribution in [-0.4, -0.2) is 44.5 Å². The van der Waals surface area contributed by atoms with E-state index in [1.807, 2.05) is 42.5 Å². The molecule has 0 amide bonds. The molecule has 2 rings (SSSR count). The van der Waals surface area contributed by atoms with Crippen LogP contribution in [0.25, 0.3) is 0 Å². The van der Waals surface area contributed by atoms with Crippen molar-refractivity contribution in [1.82, 2.24) is 0 Å². The van der Waals surface area contributed by atoms with Gasteiger partial charge in [0, 0.05) is 0 Å². The number of hydrogen-bond donors (Lipinski definition) is 5. The highest BCUT2D eigenvalue weighted by Crippen LogP contribution is 2.44. The molecule has 1 unspecified atom stereocenters. The Kier molecular flexibility index (Phi) is 10.6. The van der Waals surface area contributed by atoms with Gasteiger partial charge in [0.1, 0.15) is 11.9 Å². The zero-order valence-corrected chi connectivity index (χ0v) is 23.0. The lowest BCUT2D eigenvalue weighted by atomic mass is 9.78. The molecule has 0 spiro atoms. The topological polar surface area (TPSA) is 129 Å². The molecule has 5 N–H and O–H groups in total. The fourth-order valence-electron chi connectivity index (χ4n) is 3.63. The van der Waals surface area contributed by atoms with Gasteiger partial charge in [0.25, 0.3) is 0 Å². The maximum Gasteiger partial charge on any atom is 0.327 e. The molecule has 8 nitrogen and oxygen atoms in total. The molecule has 0 radical (unpaired) electrons. The molecule has 35 heavy (non-hydrogen) atoms. The average molecular weight is 529 g/mol. The summed E-state index contributed by atoms with van der Waals surface area (Å²) in [5, 5.41) is 10.6. The first-order valence-electron chi connectivity index (χ1n) is 11.3. The van der Waals surface area contributed by atoms with Crippen LogP contribution in [0.5, 0.6) is 5.75 Å². The third-order valence-corrected chi connectivity index (χ3v) is 6.54. The minimum atomic E-state index is -2.74. The van der Waals surface area contributed by atoms with Gasteiger partial charge in [-0.1, -0.05) is 77.9 Å². The number of benzene rings is 2. The first-order chi connectivity index (χ1) is 16.2. The molecule has 0 saturated heterocycles. The van der Waals surface area contributed by atoms with Crippen LogP contribution in [0.3, 0.4) is 0 Å². The zero-order valence-electron chi connectivity index (χ0n) is 21.2. The van der Waals surface area contributed by atoms with E-state index in [-0.39, 0.29) is 24.0 Å². The van der Waals surface area contributed by atoms with E-state index in [1.54, 1.807) is 6.07 Å². The van der Waals surface area contributed by atoms with E-state index < -0.39 is 35.3 Å². The molecule has 10 heteroatoms. The predicted octanol–water partition coefficient (Wildman–Crippen LogP) is 4.84. The van der Waals surface area contributed by atoms with E-state index in [2.05, 4.69) is 41.5 Å². The van der Waals surface area contributed by atoms with Gasteiger partial charge in [-0.2, -0.15) is 0 Å². The van der Waals surface area contributed by atoms with E-state index >= 15 is 0 Å². The standard InChI is InChI=1S/C25H38O8P2/c1-23(2,3)19-10-7-9-18(13-19)22(33-21-12-8-11-20(14-21)24(4,5)6)25(15-26,16-31-34(27)28)17-32-35(29)30/h7-14,22,26-30H,15-17H2,1-6H3. The van der Waals surface area contributed by atoms with Crippen molar-refractivity contribution >= 4 is 17.2 Å². The Morgan fingerprint density at radius 3 is 1.69 bits per heavy atom. The SMILES string of the molecule is CC(C)(C)c1cccc(OC(c2cccc(C(C)(C)C)c2)C(CO)(COP(O)O)COP(O)O)c1. The van der Waals surface area contributed by atoms with Crippen molar-refractivity contribution in [2.24, 2.45) is 5.41 Å². The number of aliphatic hydroxyl groups is 1. The molecule has 2 aromatic rings. The Balaban J connectivity index is 2.66. The van der Waals surface area contributed by atoms with Crippen molar-refractivity contribution < 1.29 is 38.5 Å². The van der Waals surface area contributed by atoms with Crippen molar-refractivity contribution in [1.29, 1.82) is 0 Å². The summed E-state index contributed by atoms with van der Waals surface area (Å²) in [4.78, 5) is 37.8. The lowest BCUT2D eigenvalue weighted by Crippen LogP contribution is -2.43. The fourth-order valence-corrected chi connectivity index (χ4v) is 4.37. The summed E-state index contributed by atoms with van der Waals surface area (Å²) in [6.07, 6.45) is -0.894. The monoisotopic (exact) mass is 528 g/mol. The molecule has 196 valence electrons. The molecule has 0 aromatic heterocycles. The minimum absolute atomic E-state index is 0.130. The molecule has 0 aliphatic carbocycles. The van der Waals surface area contributed by atoms with Gasteiger partial charge in [0.15, 0.2) is 0 Å². The van der Waals surface area contributed by atoms with Crippen LogP contribution in [0.4, 0.5) is 0 Å². The summed E-state index contributed by atoms with van der Waals surface area (Å²) in [6, 6.07) is 15.3.